The molecule has 0 saturated heterocycles. The number of carbonyl (C=O) groups is 3. The van der Waals surface area contributed by atoms with Crippen molar-refractivity contribution in [2.45, 2.75) is 20.3 Å². The number of benzene rings is 1. The third-order valence-electron chi connectivity index (χ3n) is 5.51. The number of allylic oxidation sites excluding steroid dienone is 2. The largest absolute Gasteiger partial charge is 0.493 e. The van der Waals surface area contributed by atoms with Gasteiger partial charge in [0, 0.05) is 18.8 Å². The van der Waals surface area contributed by atoms with Crippen molar-refractivity contribution in [3.05, 3.63) is 47.7 Å². The highest BCUT2D eigenvalue weighted by Gasteiger charge is 2.37. The van der Waals surface area contributed by atoms with Crippen molar-refractivity contribution in [2.75, 3.05) is 39.2 Å². The standard InChI is InChI=1S/C25H30N2O6S/c1-4-10-32-22-11-17(33-15-23(29)31-5-2)7-9-18(22)21(28)14-27-12-16-6-8-19(25(26)34-3)24(30)20(16)13-27/h6-9,11-12,19-20,26H,4-5,10,13-15H2,1-3H3. The van der Waals surface area contributed by atoms with Crippen LogP contribution in [0.2, 0.25) is 0 Å². The highest BCUT2D eigenvalue weighted by Crippen LogP contribution is 2.33. The number of ether oxygens (including phenoxy) is 3. The predicted octanol–water partition coefficient (Wildman–Crippen LogP) is 3.51. The molecule has 0 fully saturated rings. The van der Waals surface area contributed by atoms with Gasteiger partial charge in [-0.05, 0) is 37.3 Å². The van der Waals surface area contributed by atoms with Crippen LogP contribution in [0.25, 0.3) is 0 Å². The van der Waals surface area contributed by atoms with E-state index in [9.17, 15) is 14.4 Å². The number of fused-ring (bicyclic) bond motifs is 1. The van der Waals surface area contributed by atoms with Gasteiger partial charge in [0.2, 0.25) is 0 Å². The number of ketones is 2. The fourth-order valence-electron chi connectivity index (χ4n) is 3.85. The quantitative estimate of drug-likeness (QED) is 0.219. The minimum Gasteiger partial charge on any atom is -0.493 e. The van der Waals surface area contributed by atoms with Gasteiger partial charge < -0.3 is 19.1 Å². The summed E-state index contributed by atoms with van der Waals surface area (Å²) in [5.41, 5.74) is 1.28. The molecule has 1 aromatic carbocycles. The number of nitrogens with zero attached hydrogens (tertiary/aromatic N) is 1. The summed E-state index contributed by atoms with van der Waals surface area (Å²) in [4.78, 5) is 39.4. The summed E-state index contributed by atoms with van der Waals surface area (Å²) in [5, 5.41) is 8.34. The summed E-state index contributed by atoms with van der Waals surface area (Å²) in [5.74, 6) is -0.666. The smallest absolute Gasteiger partial charge is 0.344 e. The summed E-state index contributed by atoms with van der Waals surface area (Å²) in [7, 11) is 0. The van der Waals surface area contributed by atoms with Gasteiger partial charge in [-0.1, -0.05) is 19.1 Å². The Morgan fingerprint density at radius 1 is 1.24 bits per heavy atom. The maximum absolute atomic E-state index is 13.1. The van der Waals surface area contributed by atoms with Crippen molar-refractivity contribution < 1.29 is 28.6 Å². The molecule has 9 heteroatoms. The lowest BCUT2D eigenvalue weighted by atomic mass is 9.84. The number of hydrogen-bond donors (Lipinski definition) is 1. The summed E-state index contributed by atoms with van der Waals surface area (Å²) in [6.45, 7) is 4.67. The van der Waals surface area contributed by atoms with Crippen LogP contribution in [-0.2, 0) is 14.3 Å². The Morgan fingerprint density at radius 3 is 2.74 bits per heavy atom. The Labute approximate surface area is 203 Å². The van der Waals surface area contributed by atoms with E-state index in [2.05, 4.69) is 0 Å². The van der Waals surface area contributed by atoms with Crippen molar-refractivity contribution >= 4 is 34.3 Å². The van der Waals surface area contributed by atoms with Crippen LogP contribution in [0, 0.1) is 17.2 Å². The topological polar surface area (TPSA) is 106 Å². The fraction of sp³-hybridized carbons (Fsp3) is 0.440. The SMILES string of the molecule is CCCOc1cc(OCC(=O)OCC)ccc1C(=O)CN1C=C2C=CC(C(=N)SC)C(=O)C2C1. The van der Waals surface area contributed by atoms with Gasteiger partial charge in [-0.2, -0.15) is 0 Å². The maximum atomic E-state index is 13.1. The van der Waals surface area contributed by atoms with Gasteiger partial charge in [0.15, 0.2) is 18.2 Å². The summed E-state index contributed by atoms with van der Waals surface area (Å²) in [6, 6.07) is 4.86. The molecule has 1 aliphatic heterocycles. The van der Waals surface area contributed by atoms with E-state index in [0.717, 1.165) is 12.0 Å². The molecule has 8 nitrogen and oxygen atoms in total. The molecule has 0 saturated carbocycles. The van der Waals surface area contributed by atoms with Crippen molar-refractivity contribution in [1.29, 1.82) is 5.41 Å². The van der Waals surface area contributed by atoms with E-state index in [0.29, 0.717) is 35.3 Å². The van der Waals surface area contributed by atoms with Gasteiger partial charge in [0.1, 0.15) is 11.5 Å². The van der Waals surface area contributed by atoms with Crippen LogP contribution in [0.5, 0.6) is 11.5 Å². The van der Waals surface area contributed by atoms with E-state index >= 15 is 0 Å². The first-order valence-electron chi connectivity index (χ1n) is 11.3. The van der Waals surface area contributed by atoms with Crippen LogP contribution < -0.4 is 9.47 Å². The van der Waals surface area contributed by atoms with Gasteiger partial charge in [0.05, 0.1) is 42.2 Å². The molecule has 1 N–H and O–H groups in total. The van der Waals surface area contributed by atoms with E-state index in [1.165, 1.54) is 11.8 Å². The average molecular weight is 487 g/mol. The first-order valence-corrected chi connectivity index (χ1v) is 12.5. The molecule has 2 unspecified atom stereocenters. The van der Waals surface area contributed by atoms with Gasteiger partial charge in [-0.15, -0.1) is 11.8 Å². The van der Waals surface area contributed by atoms with Crippen molar-refractivity contribution in [3.63, 3.8) is 0 Å². The van der Waals surface area contributed by atoms with Crippen molar-refractivity contribution in [3.8, 4) is 11.5 Å². The Bertz CT molecular complexity index is 1020. The molecule has 1 aromatic rings. The van der Waals surface area contributed by atoms with Gasteiger partial charge in [-0.3, -0.25) is 15.0 Å². The van der Waals surface area contributed by atoms with E-state index in [4.69, 9.17) is 19.6 Å². The van der Waals surface area contributed by atoms with Crippen molar-refractivity contribution in [2.24, 2.45) is 11.8 Å². The van der Waals surface area contributed by atoms with E-state index in [1.807, 2.05) is 24.1 Å². The van der Waals surface area contributed by atoms with Crippen LogP contribution in [0.3, 0.4) is 0 Å². The molecule has 0 amide bonds. The molecular formula is C25H30N2O6S. The zero-order valence-electron chi connectivity index (χ0n) is 19.7. The summed E-state index contributed by atoms with van der Waals surface area (Å²) >= 11 is 1.27. The molecule has 0 bridgehead atoms. The van der Waals surface area contributed by atoms with Crippen LogP contribution in [0.15, 0.2) is 42.1 Å². The molecule has 0 spiro atoms. The van der Waals surface area contributed by atoms with Crippen LogP contribution in [0.1, 0.15) is 30.6 Å². The zero-order chi connectivity index (χ0) is 24.7. The van der Waals surface area contributed by atoms with Gasteiger partial charge in [-0.25, -0.2) is 4.79 Å². The second-order valence-corrected chi connectivity index (χ2v) is 8.79. The minimum atomic E-state index is -0.510. The number of nitrogens with one attached hydrogen (secondary N) is 1. The Balaban J connectivity index is 1.69. The summed E-state index contributed by atoms with van der Waals surface area (Å²) < 4.78 is 16.1. The summed E-state index contributed by atoms with van der Waals surface area (Å²) in [6.07, 6.45) is 8.05. The monoisotopic (exact) mass is 486 g/mol. The number of esters is 1. The van der Waals surface area contributed by atoms with Crippen LogP contribution in [0.4, 0.5) is 0 Å². The van der Waals surface area contributed by atoms with E-state index in [1.54, 1.807) is 37.5 Å². The highest BCUT2D eigenvalue weighted by molar-refractivity contribution is 8.13. The van der Waals surface area contributed by atoms with Crippen LogP contribution >= 0.6 is 11.8 Å². The molecular weight excluding hydrogens is 456 g/mol. The molecule has 0 aromatic heterocycles. The van der Waals surface area contributed by atoms with Gasteiger partial charge >= 0.3 is 5.97 Å². The lowest BCUT2D eigenvalue weighted by Gasteiger charge is -2.23. The molecule has 3 rings (SSSR count). The second-order valence-electron chi connectivity index (χ2n) is 7.94. The molecule has 2 atom stereocenters. The zero-order valence-corrected chi connectivity index (χ0v) is 20.5. The average Bonchev–Trinajstić information content (AvgIpc) is 3.24. The molecule has 1 heterocycles. The molecule has 34 heavy (non-hydrogen) atoms. The lowest BCUT2D eigenvalue weighted by molar-refractivity contribution is -0.145. The molecule has 182 valence electrons. The number of Topliss-reactive ketones (excluding diaryl/α,β-unsaturated/α-hetero) is 2. The third-order valence-corrected chi connectivity index (χ3v) is 6.20. The molecule has 2 aliphatic rings. The minimum absolute atomic E-state index is 0.00174. The lowest BCUT2D eigenvalue weighted by Crippen LogP contribution is -2.34. The fourth-order valence-corrected chi connectivity index (χ4v) is 4.30. The van der Waals surface area contributed by atoms with Crippen molar-refractivity contribution in [1.82, 2.24) is 4.90 Å². The number of thioether (sulfide) groups is 1. The van der Waals surface area contributed by atoms with Crippen LogP contribution in [-0.4, -0.2) is 66.6 Å². The Kier molecular flexibility index (Phi) is 8.92. The predicted molar refractivity (Wildman–Crippen MR) is 131 cm³/mol. The highest BCUT2D eigenvalue weighted by atomic mass is 32.2. The number of rotatable bonds is 11. The first kappa shape index (κ1) is 25.6. The maximum Gasteiger partial charge on any atom is 0.344 e. The van der Waals surface area contributed by atoms with Gasteiger partial charge in [0.25, 0.3) is 0 Å². The molecule has 1 aliphatic carbocycles. The normalized spacial score (nSPS) is 18.9. The van der Waals surface area contributed by atoms with E-state index < -0.39 is 11.9 Å². The Morgan fingerprint density at radius 2 is 2.03 bits per heavy atom. The second kappa shape index (κ2) is 11.9. The Hall–Kier alpha value is -3.07. The third kappa shape index (κ3) is 6.08. The van der Waals surface area contributed by atoms with E-state index in [-0.39, 0.29) is 37.2 Å². The molecule has 0 radical (unpaired) electrons. The number of carbonyl (C=O) groups excluding carboxylic acids is 3. The first-order chi connectivity index (χ1) is 16.4. The number of hydrogen-bond acceptors (Lipinski definition) is 9.